The van der Waals surface area contributed by atoms with E-state index in [1.165, 1.54) is 23.9 Å². The molecule has 7 heteroatoms. The highest BCUT2D eigenvalue weighted by molar-refractivity contribution is 8.13. The Kier molecular flexibility index (Phi) is 4.74. The van der Waals surface area contributed by atoms with Gasteiger partial charge >= 0.3 is 0 Å². The molecular formula is C9H7Cl2N3OS. The molecule has 0 aliphatic carbocycles. The van der Waals surface area contributed by atoms with Gasteiger partial charge in [0.25, 0.3) is 0 Å². The molecule has 0 radical (unpaired) electrons. The molecule has 0 atom stereocenters. The van der Waals surface area contributed by atoms with Crippen LogP contribution in [-0.2, 0) is 0 Å². The van der Waals surface area contributed by atoms with E-state index in [1.807, 2.05) is 0 Å². The van der Waals surface area contributed by atoms with E-state index in [0.29, 0.717) is 10.2 Å². The SMILES string of the molecule is CSC(=Nc1c(Cl)ccc(O)c1Cl)NC#N. The van der Waals surface area contributed by atoms with Gasteiger partial charge in [-0.1, -0.05) is 35.0 Å². The van der Waals surface area contributed by atoms with Crippen LogP contribution in [0.3, 0.4) is 0 Å². The number of nitrogens with zero attached hydrogens (tertiary/aromatic N) is 2. The highest BCUT2D eigenvalue weighted by Gasteiger charge is 2.10. The molecule has 0 aliphatic heterocycles. The van der Waals surface area contributed by atoms with Crippen molar-refractivity contribution in [2.75, 3.05) is 6.26 Å². The van der Waals surface area contributed by atoms with Gasteiger partial charge in [0, 0.05) is 0 Å². The van der Waals surface area contributed by atoms with Crippen LogP contribution < -0.4 is 5.32 Å². The number of aromatic hydroxyl groups is 1. The van der Waals surface area contributed by atoms with E-state index in [9.17, 15) is 5.11 Å². The third kappa shape index (κ3) is 2.95. The molecule has 84 valence electrons. The number of nitrogens with one attached hydrogen (secondary N) is 1. The molecule has 0 amide bonds. The molecule has 0 fully saturated rings. The zero-order valence-electron chi connectivity index (χ0n) is 8.16. The van der Waals surface area contributed by atoms with Crippen molar-refractivity contribution in [1.29, 1.82) is 5.26 Å². The molecule has 2 N–H and O–H groups in total. The zero-order valence-corrected chi connectivity index (χ0v) is 10.5. The standard InChI is InChI=1S/C9H7Cl2N3OS/c1-16-9(13-4-12)14-8-5(10)2-3-6(15)7(8)11/h2-3,15H,1H3,(H,13,14). The second-order valence-corrected chi connectivity index (χ2v) is 4.17. The van der Waals surface area contributed by atoms with E-state index in [2.05, 4.69) is 10.3 Å². The minimum atomic E-state index is -0.109. The lowest BCUT2D eigenvalue weighted by molar-refractivity contribution is 0.476. The number of benzene rings is 1. The van der Waals surface area contributed by atoms with Gasteiger partial charge in [-0.25, -0.2) is 4.99 Å². The molecule has 0 unspecified atom stereocenters. The summed E-state index contributed by atoms with van der Waals surface area (Å²) in [5, 5.41) is 20.9. The highest BCUT2D eigenvalue weighted by Crippen LogP contribution is 2.39. The maximum Gasteiger partial charge on any atom is 0.183 e. The Morgan fingerprint density at radius 1 is 1.56 bits per heavy atom. The van der Waals surface area contributed by atoms with Gasteiger partial charge in [0.15, 0.2) is 11.4 Å². The first-order valence-corrected chi connectivity index (χ1v) is 6.03. The predicted molar refractivity (Wildman–Crippen MR) is 67.5 cm³/mol. The van der Waals surface area contributed by atoms with E-state index in [4.69, 9.17) is 28.5 Å². The van der Waals surface area contributed by atoms with Crippen molar-refractivity contribution in [3.05, 3.63) is 22.2 Å². The molecular weight excluding hydrogens is 269 g/mol. The van der Waals surface area contributed by atoms with Crippen molar-refractivity contribution in [2.24, 2.45) is 4.99 Å². The average Bonchev–Trinajstić information content (AvgIpc) is 2.28. The third-order valence-electron chi connectivity index (χ3n) is 1.62. The number of halogens is 2. The summed E-state index contributed by atoms with van der Waals surface area (Å²) in [6.07, 6.45) is 3.49. The van der Waals surface area contributed by atoms with Crippen LogP contribution in [0.15, 0.2) is 17.1 Å². The number of phenols is 1. The summed E-state index contributed by atoms with van der Waals surface area (Å²) in [4.78, 5) is 4.05. The first-order valence-electron chi connectivity index (χ1n) is 4.05. The van der Waals surface area contributed by atoms with Gasteiger partial charge in [-0.2, -0.15) is 5.26 Å². The van der Waals surface area contributed by atoms with E-state index >= 15 is 0 Å². The largest absolute Gasteiger partial charge is 0.506 e. The number of amidine groups is 1. The minimum Gasteiger partial charge on any atom is -0.506 e. The number of nitriles is 1. The summed E-state index contributed by atoms with van der Waals surface area (Å²) in [6, 6.07) is 2.85. The van der Waals surface area contributed by atoms with Crippen LogP contribution in [0.25, 0.3) is 0 Å². The van der Waals surface area contributed by atoms with Crippen LogP contribution in [0.1, 0.15) is 0 Å². The molecule has 4 nitrogen and oxygen atoms in total. The molecule has 0 saturated carbocycles. The van der Waals surface area contributed by atoms with E-state index in [0.717, 1.165) is 0 Å². The van der Waals surface area contributed by atoms with Gasteiger partial charge in [-0.15, -0.1) is 0 Å². The Morgan fingerprint density at radius 2 is 2.25 bits per heavy atom. The maximum absolute atomic E-state index is 9.39. The summed E-state index contributed by atoms with van der Waals surface area (Å²) < 4.78 is 0. The molecule has 0 bridgehead atoms. The van der Waals surface area contributed by atoms with Crippen molar-refractivity contribution >= 4 is 45.8 Å². The van der Waals surface area contributed by atoms with Crippen molar-refractivity contribution in [3.8, 4) is 11.9 Å². The fraction of sp³-hybridized carbons (Fsp3) is 0.111. The summed E-state index contributed by atoms with van der Waals surface area (Å²) in [7, 11) is 0. The zero-order chi connectivity index (χ0) is 12.1. The fourth-order valence-corrected chi connectivity index (χ4v) is 1.69. The molecule has 1 rings (SSSR count). The number of hydrogen-bond acceptors (Lipinski definition) is 4. The van der Waals surface area contributed by atoms with Gasteiger partial charge in [0.1, 0.15) is 16.5 Å². The van der Waals surface area contributed by atoms with Crippen LogP contribution in [0, 0.1) is 11.5 Å². The van der Waals surface area contributed by atoms with Gasteiger partial charge in [0.2, 0.25) is 0 Å². The quantitative estimate of drug-likeness (QED) is 0.358. The van der Waals surface area contributed by atoms with Crippen molar-refractivity contribution in [1.82, 2.24) is 5.32 Å². The molecule has 0 spiro atoms. The van der Waals surface area contributed by atoms with E-state index in [1.54, 1.807) is 12.4 Å². The van der Waals surface area contributed by atoms with E-state index < -0.39 is 0 Å². The second-order valence-electron chi connectivity index (χ2n) is 2.59. The van der Waals surface area contributed by atoms with Crippen molar-refractivity contribution in [2.45, 2.75) is 0 Å². The number of aliphatic imine (C=N–C) groups is 1. The smallest absolute Gasteiger partial charge is 0.183 e. The number of thioether (sulfide) groups is 1. The number of rotatable bonds is 1. The minimum absolute atomic E-state index is 0.0544. The Hall–Kier alpha value is -1.09. The molecule has 0 saturated heterocycles. The first-order chi connectivity index (χ1) is 7.60. The Labute approximate surface area is 107 Å². The first kappa shape index (κ1) is 13.0. The maximum atomic E-state index is 9.39. The molecule has 16 heavy (non-hydrogen) atoms. The lowest BCUT2D eigenvalue weighted by Gasteiger charge is -2.05. The lowest BCUT2D eigenvalue weighted by Crippen LogP contribution is -2.12. The monoisotopic (exact) mass is 275 g/mol. The van der Waals surface area contributed by atoms with Gasteiger partial charge in [0.05, 0.1) is 5.02 Å². The second kappa shape index (κ2) is 5.85. The predicted octanol–water partition coefficient (Wildman–Crippen LogP) is 3.12. The lowest BCUT2D eigenvalue weighted by atomic mass is 10.3. The van der Waals surface area contributed by atoms with Gasteiger partial charge < -0.3 is 5.11 Å². The third-order valence-corrected chi connectivity index (χ3v) is 2.87. The Bertz CT molecular complexity index is 471. The van der Waals surface area contributed by atoms with Gasteiger partial charge in [-0.05, 0) is 18.4 Å². The summed E-state index contributed by atoms with van der Waals surface area (Å²) in [6.45, 7) is 0. The van der Waals surface area contributed by atoms with Crippen LogP contribution in [-0.4, -0.2) is 16.5 Å². The van der Waals surface area contributed by atoms with Crippen LogP contribution >= 0.6 is 35.0 Å². The molecule has 0 heterocycles. The molecule has 0 aliphatic rings. The van der Waals surface area contributed by atoms with Gasteiger partial charge in [-0.3, -0.25) is 5.32 Å². The Morgan fingerprint density at radius 3 is 2.81 bits per heavy atom. The molecule has 1 aromatic rings. The Balaban J connectivity index is 3.23. The van der Waals surface area contributed by atoms with Crippen LogP contribution in [0.2, 0.25) is 10.0 Å². The number of phenolic OH excluding ortho intramolecular Hbond substituents is 1. The summed E-state index contributed by atoms with van der Waals surface area (Å²) >= 11 is 12.9. The number of hydrogen-bond donors (Lipinski definition) is 2. The van der Waals surface area contributed by atoms with Crippen molar-refractivity contribution in [3.63, 3.8) is 0 Å². The average molecular weight is 276 g/mol. The van der Waals surface area contributed by atoms with E-state index in [-0.39, 0.29) is 16.5 Å². The van der Waals surface area contributed by atoms with Crippen LogP contribution in [0.4, 0.5) is 5.69 Å². The molecule has 0 aromatic heterocycles. The summed E-state index contributed by atoms with van der Waals surface area (Å²) in [5.41, 5.74) is 0.232. The summed E-state index contributed by atoms with van der Waals surface area (Å²) in [5.74, 6) is -0.109. The van der Waals surface area contributed by atoms with Crippen LogP contribution in [0.5, 0.6) is 5.75 Å². The highest BCUT2D eigenvalue weighted by atomic mass is 35.5. The van der Waals surface area contributed by atoms with Crippen molar-refractivity contribution < 1.29 is 5.11 Å². The molecule has 1 aromatic carbocycles. The fourth-order valence-electron chi connectivity index (χ4n) is 0.907. The topological polar surface area (TPSA) is 68.4 Å². The normalized spacial score (nSPS) is 11.0.